The van der Waals surface area contributed by atoms with E-state index in [4.69, 9.17) is 4.74 Å². The summed E-state index contributed by atoms with van der Waals surface area (Å²) in [6.45, 7) is 16.4. The van der Waals surface area contributed by atoms with Gasteiger partial charge in [-0.2, -0.15) is 0 Å². The van der Waals surface area contributed by atoms with Crippen molar-refractivity contribution in [1.82, 2.24) is 21.3 Å². The number of alkyl carbamates (subject to hydrolysis) is 1. The molecule has 0 atom stereocenters. The van der Waals surface area contributed by atoms with Crippen molar-refractivity contribution in [2.75, 3.05) is 13.1 Å². The van der Waals surface area contributed by atoms with Crippen LogP contribution < -0.4 is 21.3 Å². The van der Waals surface area contributed by atoms with Crippen molar-refractivity contribution >= 4 is 35.1 Å². The number of amides is 4. The molecule has 0 aromatic heterocycles. The lowest BCUT2D eigenvalue weighted by Crippen LogP contribution is -2.40. The third-order valence-electron chi connectivity index (χ3n) is 4.46. The predicted molar refractivity (Wildman–Crippen MR) is 153 cm³/mol. The lowest BCUT2D eigenvalue weighted by atomic mass is 10.0. The van der Waals surface area contributed by atoms with E-state index in [0.717, 1.165) is 22.8 Å². The SMILES string of the molecule is CCC(=O)NC(C)(C)C.CCCNC(=O)OC(C)(C)C.O=CNCC(=O)NCc1cccc2ccccc12. The maximum absolute atomic E-state index is 11.4. The fourth-order valence-corrected chi connectivity index (χ4v) is 2.89. The Morgan fingerprint density at radius 1 is 0.868 bits per heavy atom. The number of rotatable bonds is 8. The summed E-state index contributed by atoms with van der Waals surface area (Å²) >= 11 is 0. The maximum Gasteiger partial charge on any atom is 0.407 e. The van der Waals surface area contributed by atoms with Gasteiger partial charge in [0.2, 0.25) is 18.2 Å². The van der Waals surface area contributed by atoms with Crippen molar-refractivity contribution in [1.29, 1.82) is 0 Å². The molecule has 38 heavy (non-hydrogen) atoms. The summed E-state index contributed by atoms with van der Waals surface area (Å²) in [4.78, 5) is 43.0. The normalized spacial score (nSPS) is 10.5. The van der Waals surface area contributed by atoms with Crippen molar-refractivity contribution in [3.8, 4) is 0 Å². The van der Waals surface area contributed by atoms with Gasteiger partial charge in [-0.15, -0.1) is 0 Å². The van der Waals surface area contributed by atoms with Crippen LogP contribution in [0.5, 0.6) is 0 Å². The minimum atomic E-state index is -0.391. The molecule has 0 bridgehead atoms. The summed E-state index contributed by atoms with van der Waals surface area (Å²) in [6, 6.07) is 14.0. The van der Waals surface area contributed by atoms with Crippen LogP contribution in [0.1, 0.15) is 73.8 Å². The number of hydrogen-bond donors (Lipinski definition) is 4. The van der Waals surface area contributed by atoms with Gasteiger partial charge in [0.25, 0.3) is 0 Å². The summed E-state index contributed by atoms with van der Waals surface area (Å²) < 4.78 is 4.99. The van der Waals surface area contributed by atoms with Gasteiger partial charge in [-0.1, -0.05) is 56.3 Å². The van der Waals surface area contributed by atoms with E-state index in [2.05, 4.69) is 21.3 Å². The van der Waals surface area contributed by atoms with Crippen LogP contribution in [0.4, 0.5) is 4.79 Å². The third-order valence-corrected chi connectivity index (χ3v) is 4.46. The second-order valence-electron chi connectivity index (χ2n) is 10.5. The van der Waals surface area contributed by atoms with E-state index >= 15 is 0 Å². The quantitative estimate of drug-likeness (QED) is 0.376. The molecule has 2 aromatic carbocycles. The van der Waals surface area contributed by atoms with Crippen LogP contribution in [-0.4, -0.2) is 48.5 Å². The van der Waals surface area contributed by atoms with E-state index in [1.165, 1.54) is 0 Å². The Labute approximate surface area is 227 Å². The third kappa shape index (κ3) is 17.8. The molecule has 0 aliphatic heterocycles. The molecule has 0 radical (unpaired) electrons. The Hall–Kier alpha value is -3.62. The minimum absolute atomic E-state index is 0.00820. The van der Waals surface area contributed by atoms with Crippen molar-refractivity contribution < 1.29 is 23.9 Å². The molecule has 0 spiro atoms. The predicted octanol–water partition coefficient (Wildman–Crippen LogP) is 4.43. The molecule has 0 saturated carbocycles. The number of hydrogen-bond acceptors (Lipinski definition) is 5. The van der Waals surface area contributed by atoms with E-state index in [9.17, 15) is 19.2 Å². The fourth-order valence-electron chi connectivity index (χ4n) is 2.89. The summed E-state index contributed by atoms with van der Waals surface area (Å²) in [6.07, 6.45) is 1.67. The highest BCUT2D eigenvalue weighted by atomic mass is 16.6. The summed E-state index contributed by atoms with van der Waals surface area (Å²) in [5.41, 5.74) is 0.595. The molecule has 4 N–H and O–H groups in total. The zero-order valence-corrected chi connectivity index (χ0v) is 24.2. The van der Waals surface area contributed by atoms with Crippen LogP contribution in [0.2, 0.25) is 0 Å². The van der Waals surface area contributed by atoms with Gasteiger partial charge in [0, 0.05) is 25.0 Å². The van der Waals surface area contributed by atoms with E-state index in [1.54, 1.807) is 0 Å². The first-order valence-corrected chi connectivity index (χ1v) is 12.9. The van der Waals surface area contributed by atoms with Crippen LogP contribution in [0.15, 0.2) is 42.5 Å². The lowest BCUT2D eigenvalue weighted by Gasteiger charge is -2.19. The smallest absolute Gasteiger partial charge is 0.407 e. The molecule has 0 unspecified atom stereocenters. The van der Waals surface area contributed by atoms with Crippen molar-refractivity contribution in [3.05, 3.63) is 48.0 Å². The topological polar surface area (TPSA) is 126 Å². The largest absolute Gasteiger partial charge is 0.444 e. The first-order chi connectivity index (χ1) is 17.7. The van der Waals surface area contributed by atoms with Gasteiger partial charge in [-0.05, 0) is 64.3 Å². The van der Waals surface area contributed by atoms with E-state index in [-0.39, 0.29) is 30.0 Å². The van der Waals surface area contributed by atoms with Gasteiger partial charge >= 0.3 is 6.09 Å². The standard InChI is InChI=1S/C14H14N2O2.C8H17NO2.C7H15NO/c17-10-15-9-14(18)16-8-12-6-3-5-11-4-1-2-7-13(11)12;1-5-6-9-7(10)11-8(2,3)4;1-5-6(9)8-7(2,3)4/h1-7,10H,8-9H2,(H,15,17)(H,16,18);5-6H2,1-4H3,(H,9,10);5H2,1-4H3,(H,8,9). The summed E-state index contributed by atoms with van der Waals surface area (Å²) in [7, 11) is 0. The number of carbonyl (C=O) groups excluding carboxylic acids is 4. The molecular weight excluding hydrogens is 484 g/mol. The van der Waals surface area contributed by atoms with Crippen molar-refractivity contribution in [2.24, 2.45) is 0 Å². The van der Waals surface area contributed by atoms with Crippen LogP contribution in [0.3, 0.4) is 0 Å². The monoisotopic (exact) mass is 530 g/mol. The number of ether oxygens (including phenoxy) is 1. The molecule has 2 aromatic rings. The van der Waals surface area contributed by atoms with Crippen molar-refractivity contribution in [2.45, 2.75) is 85.9 Å². The molecule has 0 fully saturated rings. The number of nitrogens with one attached hydrogen (secondary N) is 4. The molecule has 0 saturated heterocycles. The lowest BCUT2D eigenvalue weighted by molar-refractivity contribution is -0.122. The average molecular weight is 531 g/mol. The van der Waals surface area contributed by atoms with E-state index < -0.39 is 5.60 Å². The van der Waals surface area contributed by atoms with E-state index in [0.29, 0.717) is 25.9 Å². The highest BCUT2D eigenvalue weighted by molar-refractivity contribution is 5.86. The van der Waals surface area contributed by atoms with Gasteiger partial charge in [-0.3, -0.25) is 14.4 Å². The molecular formula is C29H46N4O5. The van der Waals surface area contributed by atoms with Crippen LogP contribution in [0, 0.1) is 0 Å². The van der Waals surface area contributed by atoms with Gasteiger partial charge < -0.3 is 26.0 Å². The first-order valence-electron chi connectivity index (χ1n) is 12.9. The molecule has 212 valence electrons. The summed E-state index contributed by atoms with van der Waals surface area (Å²) in [5.74, 6) is -0.0856. The van der Waals surface area contributed by atoms with Crippen LogP contribution in [0.25, 0.3) is 10.8 Å². The van der Waals surface area contributed by atoms with E-state index in [1.807, 2.05) is 97.9 Å². The molecule has 4 amide bonds. The van der Waals surface area contributed by atoms with Gasteiger partial charge in [0.05, 0.1) is 6.54 Å². The van der Waals surface area contributed by atoms with Gasteiger partial charge in [0.1, 0.15) is 5.60 Å². The second-order valence-corrected chi connectivity index (χ2v) is 10.5. The van der Waals surface area contributed by atoms with Crippen LogP contribution >= 0.6 is 0 Å². The zero-order valence-electron chi connectivity index (χ0n) is 24.2. The van der Waals surface area contributed by atoms with Crippen molar-refractivity contribution in [3.63, 3.8) is 0 Å². The maximum atomic E-state index is 11.4. The fraction of sp³-hybridized carbons (Fsp3) is 0.517. The molecule has 0 aliphatic carbocycles. The number of carbonyl (C=O) groups is 4. The average Bonchev–Trinajstić information content (AvgIpc) is 2.83. The molecule has 9 heteroatoms. The first kappa shape index (κ1) is 34.4. The minimum Gasteiger partial charge on any atom is -0.444 e. The van der Waals surface area contributed by atoms with Crippen LogP contribution in [-0.2, 0) is 25.7 Å². The molecule has 0 heterocycles. The Bertz CT molecular complexity index is 1000. The summed E-state index contributed by atoms with van der Waals surface area (Å²) in [5, 5.41) is 12.8. The Morgan fingerprint density at radius 2 is 1.50 bits per heavy atom. The second kappa shape index (κ2) is 17.8. The highest BCUT2D eigenvalue weighted by Crippen LogP contribution is 2.18. The Kier molecular flexibility index (Phi) is 16.1. The highest BCUT2D eigenvalue weighted by Gasteiger charge is 2.15. The molecule has 9 nitrogen and oxygen atoms in total. The molecule has 2 rings (SSSR count). The van der Waals surface area contributed by atoms with Gasteiger partial charge in [0.15, 0.2) is 0 Å². The Morgan fingerprint density at radius 3 is 2.03 bits per heavy atom. The van der Waals surface area contributed by atoms with Gasteiger partial charge in [-0.25, -0.2) is 4.79 Å². The molecule has 0 aliphatic rings. The number of benzene rings is 2. The Balaban J connectivity index is 0.000000591. The zero-order chi connectivity index (χ0) is 29.2. The number of fused-ring (bicyclic) bond motifs is 1.